The smallest absolute Gasteiger partial charge is 0.486 e. The van der Waals surface area contributed by atoms with Crippen LogP contribution in [0.25, 0.3) is 0 Å². The second kappa shape index (κ2) is 16.7. The Morgan fingerprint density at radius 2 is 0.431 bits per heavy atom. The van der Waals surface area contributed by atoms with E-state index in [4.69, 9.17) is 27.9 Å². The molecule has 18 nitrogen and oxygen atoms in total. The maximum absolute atomic E-state index is 5.96. The zero-order chi connectivity index (χ0) is 36.3. The van der Waals surface area contributed by atoms with Gasteiger partial charge in [0.1, 0.15) is 34.5 Å². The first-order chi connectivity index (χ1) is 23.7. The van der Waals surface area contributed by atoms with Gasteiger partial charge in [0.05, 0.1) is 68.3 Å². The molecule has 6 heterocycles. The third-order valence-corrected chi connectivity index (χ3v) is 7.65. The summed E-state index contributed by atoms with van der Waals surface area (Å²) in [5.41, 5.74) is 9.04. The molecule has 0 unspecified atom stereocenters. The van der Waals surface area contributed by atoms with Crippen molar-refractivity contribution in [1.82, 2.24) is 61.2 Å². The summed E-state index contributed by atoms with van der Waals surface area (Å²) >= 11 is 0. The van der Waals surface area contributed by atoms with Crippen LogP contribution in [-0.2, 0) is 0 Å². The van der Waals surface area contributed by atoms with Gasteiger partial charge in [-0.15, -0.1) is 0 Å². The third-order valence-electron chi connectivity index (χ3n) is 7.65. The van der Waals surface area contributed by atoms with Crippen molar-refractivity contribution >= 4 is 14.6 Å². The Balaban J connectivity index is 0.000000224. The Morgan fingerprint density at radius 1 is 0.294 bits per heavy atom. The van der Waals surface area contributed by atoms with Crippen molar-refractivity contribution in [3.05, 3.63) is 68.3 Å². The molecule has 6 aromatic rings. The Bertz CT molecular complexity index is 1570. The van der Waals surface area contributed by atoms with Crippen molar-refractivity contribution in [1.29, 1.82) is 0 Å². The van der Waals surface area contributed by atoms with E-state index >= 15 is 0 Å². The van der Waals surface area contributed by atoms with E-state index in [0.717, 1.165) is 68.3 Å². The molecule has 0 radical (unpaired) electrons. The van der Waals surface area contributed by atoms with Crippen LogP contribution in [0, 0.1) is 123 Å². The van der Waals surface area contributed by atoms with Crippen LogP contribution in [0.5, 0.6) is 34.5 Å². The van der Waals surface area contributed by atoms with Crippen molar-refractivity contribution in [3.8, 4) is 34.5 Å². The molecule has 0 saturated heterocycles. The number of nitrogens with zero attached hydrogens (tertiary/aromatic N) is 6. The van der Waals surface area contributed by atoms with Crippen molar-refractivity contribution in [3.63, 3.8) is 0 Å². The Morgan fingerprint density at radius 3 is 0.529 bits per heavy atom. The van der Waals surface area contributed by atoms with Gasteiger partial charge < -0.3 is 27.9 Å². The SMILES string of the molecule is Cc1n[nH]c(C)c1OB(Oc1c(C)n[nH]c1C)Oc1c(C)n[nH]c1C.Cc1n[nH]c(C)c1OB(Oc1c(C)n[nH]c1C)Oc1c(C)n[nH]c1C.[Sm]. The Kier molecular flexibility index (Phi) is 12.9. The van der Waals surface area contributed by atoms with Crippen LogP contribution in [0.3, 0.4) is 0 Å². The maximum atomic E-state index is 5.96. The molecule has 6 aromatic heterocycles. The molecule has 270 valence electrons. The zero-order valence-electron chi connectivity index (χ0n) is 30.7. The van der Waals surface area contributed by atoms with E-state index in [-0.39, 0.29) is 40.4 Å². The second-order valence-electron chi connectivity index (χ2n) is 11.9. The quantitative estimate of drug-likeness (QED) is 0.0940. The molecule has 0 aliphatic rings. The summed E-state index contributed by atoms with van der Waals surface area (Å²) in [6.45, 7) is 22.3. The third kappa shape index (κ3) is 9.07. The second-order valence-corrected chi connectivity index (χ2v) is 11.9. The standard InChI is InChI=1S/2C15H21BN6O3.Sm/c2*1-7-13(8(2)18-17-7)23-16(24-14-9(3)19-20-10(14)4)25-15-11(5)21-22-12(15)6;/h2*1-6H3,(H,17,18)(H,19,20)(H,21,22);. The van der Waals surface area contributed by atoms with Crippen LogP contribution in [0.4, 0.5) is 0 Å². The summed E-state index contributed by atoms with van der Waals surface area (Å²) < 4.78 is 35.8. The molecule has 0 aliphatic heterocycles. The van der Waals surface area contributed by atoms with E-state index < -0.39 is 14.6 Å². The fraction of sp³-hybridized carbons (Fsp3) is 0.400. The summed E-state index contributed by atoms with van der Waals surface area (Å²) in [5.74, 6) is 3.51. The van der Waals surface area contributed by atoms with Crippen LogP contribution in [0.1, 0.15) is 68.3 Å². The van der Waals surface area contributed by atoms with Gasteiger partial charge in [0.2, 0.25) is 0 Å². The average molecular weight is 839 g/mol. The van der Waals surface area contributed by atoms with Crippen molar-refractivity contribution in [2.75, 3.05) is 0 Å². The fourth-order valence-electron chi connectivity index (χ4n) is 5.01. The van der Waals surface area contributed by atoms with Gasteiger partial charge in [-0.3, -0.25) is 30.6 Å². The van der Waals surface area contributed by atoms with E-state index in [1.807, 2.05) is 83.1 Å². The van der Waals surface area contributed by atoms with Gasteiger partial charge in [-0.2, -0.15) is 30.6 Å². The van der Waals surface area contributed by atoms with Crippen LogP contribution >= 0.6 is 0 Å². The normalized spacial score (nSPS) is 10.6. The molecule has 0 spiro atoms. The summed E-state index contributed by atoms with van der Waals surface area (Å²) in [6, 6.07) is 0. The number of hydrogen-bond acceptors (Lipinski definition) is 12. The van der Waals surface area contributed by atoms with Crippen molar-refractivity contribution in [2.45, 2.75) is 83.1 Å². The zero-order valence-corrected chi connectivity index (χ0v) is 33.3. The number of rotatable bonds is 12. The van der Waals surface area contributed by atoms with Crippen LogP contribution in [0.2, 0.25) is 0 Å². The molecule has 0 aliphatic carbocycles. The minimum Gasteiger partial charge on any atom is -0.486 e. The summed E-state index contributed by atoms with van der Waals surface area (Å²) in [7, 11) is -2.06. The van der Waals surface area contributed by atoms with E-state index in [0.29, 0.717) is 34.5 Å². The number of aryl methyl sites for hydroxylation is 12. The van der Waals surface area contributed by atoms with Gasteiger partial charge in [0.15, 0.2) is 0 Å². The molecule has 0 amide bonds. The molecule has 0 atom stereocenters. The van der Waals surface area contributed by atoms with Crippen molar-refractivity contribution in [2.24, 2.45) is 0 Å². The minimum atomic E-state index is -1.03. The monoisotopic (exact) mass is 840 g/mol. The van der Waals surface area contributed by atoms with Crippen LogP contribution in [-0.4, -0.2) is 75.8 Å². The first kappa shape index (κ1) is 39.3. The number of H-pyrrole nitrogens is 6. The molecular weight excluding hydrogens is 796 g/mol. The van der Waals surface area contributed by atoms with Crippen LogP contribution < -0.4 is 27.9 Å². The minimum absolute atomic E-state index is 0. The number of nitrogens with one attached hydrogen (secondary N) is 6. The van der Waals surface area contributed by atoms with Gasteiger partial charge in [0.25, 0.3) is 0 Å². The topological polar surface area (TPSA) is 227 Å². The number of aromatic amines is 6. The Hall–Kier alpha value is -4.47. The van der Waals surface area contributed by atoms with Gasteiger partial charge in [-0.25, -0.2) is 0 Å². The molecule has 0 fully saturated rings. The van der Waals surface area contributed by atoms with Crippen LogP contribution in [0.15, 0.2) is 0 Å². The average Bonchev–Trinajstić information content (AvgIpc) is 3.90. The summed E-state index contributed by atoms with van der Waals surface area (Å²) in [4.78, 5) is 0. The molecule has 51 heavy (non-hydrogen) atoms. The predicted octanol–water partition coefficient (Wildman–Crippen LogP) is 4.46. The fourth-order valence-corrected chi connectivity index (χ4v) is 5.01. The molecule has 0 saturated carbocycles. The molecule has 21 heteroatoms. The van der Waals surface area contributed by atoms with Crippen molar-refractivity contribution < 1.29 is 68.3 Å². The molecule has 0 aromatic carbocycles. The van der Waals surface area contributed by atoms with Gasteiger partial charge in [-0.1, -0.05) is 0 Å². The van der Waals surface area contributed by atoms with Gasteiger partial charge in [-0.05, 0) is 83.1 Å². The first-order valence-electron chi connectivity index (χ1n) is 15.8. The number of hydrogen-bond donors (Lipinski definition) is 6. The molecular formula is C30H42B2N12O6Sm. The summed E-state index contributed by atoms with van der Waals surface area (Å²) in [6.07, 6.45) is 0. The van der Waals surface area contributed by atoms with E-state index in [2.05, 4.69) is 61.2 Å². The molecule has 0 bridgehead atoms. The van der Waals surface area contributed by atoms with E-state index in [9.17, 15) is 0 Å². The molecule has 6 N–H and O–H groups in total. The number of aromatic nitrogens is 12. The predicted molar refractivity (Wildman–Crippen MR) is 184 cm³/mol. The Labute approximate surface area is 328 Å². The van der Waals surface area contributed by atoms with Gasteiger partial charge >= 0.3 is 14.6 Å². The largest absolute Gasteiger partial charge is 0.864 e. The molecule has 6 rings (SSSR count). The van der Waals surface area contributed by atoms with Gasteiger partial charge in [0, 0.05) is 40.4 Å². The van der Waals surface area contributed by atoms with E-state index in [1.54, 1.807) is 0 Å². The maximum Gasteiger partial charge on any atom is 0.864 e. The first-order valence-corrected chi connectivity index (χ1v) is 15.8. The van der Waals surface area contributed by atoms with E-state index in [1.165, 1.54) is 0 Å². The summed E-state index contributed by atoms with van der Waals surface area (Å²) in [5, 5.41) is 42.1.